The van der Waals surface area contributed by atoms with E-state index in [2.05, 4.69) is 25.7 Å². The highest BCUT2D eigenvalue weighted by atomic mass is 79.9. The van der Waals surface area contributed by atoms with Crippen LogP contribution < -0.4 is 4.74 Å². The second kappa shape index (κ2) is 5.46. The summed E-state index contributed by atoms with van der Waals surface area (Å²) in [6.07, 6.45) is -10.3. The highest BCUT2D eigenvalue weighted by Crippen LogP contribution is 2.37. The average Bonchev–Trinajstić information content (AvgIpc) is 2.23. The highest BCUT2D eigenvalue weighted by molar-refractivity contribution is 9.08. The van der Waals surface area contributed by atoms with Crippen molar-refractivity contribution in [2.45, 2.75) is 17.9 Å². The number of pyridine rings is 1. The van der Waals surface area contributed by atoms with Crippen molar-refractivity contribution in [3.05, 3.63) is 22.9 Å². The minimum Gasteiger partial charge on any atom is -0.476 e. The lowest BCUT2D eigenvalue weighted by molar-refractivity contribution is -0.276. The van der Waals surface area contributed by atoms with E-state index in [1.807, 2.05) is 0 Å². The Hall–Kier alpha value is -1.52. The van der Waals surface area contributed by atoms with E-state index in [0.717, 1.165) is 0 Å². The molecule has 0 aliphatic carbocycles. The van der Waals surface area contributed by atoms with E-state index in [9.17, 15) is 31.1 Å². The molecule has 0 saturated heterocycles. The monoisotopic (exact) mass is 367 g/mol. The van der Waals surface area contributed by atoms with Crippen molar-refractivity contribution in [1.29, 1.82) is 0 Å². The standard InChI is InChI=1S/C9H4BrF6NO3/c10-2-3-1-4(20-9(14,15)16)17-6(7(18)19)5(3)8(11,12)13/h1H,2H2,(H,18,19). The van der Waals surface area contributed by atoms with Crippen LogP contribution in [0.15, 0.2) is 6.07 Å². The van der Waals surface area contributed by atoms with Crippen molar-refractivity contribution in [3.8, 4) is 5.88 Å². The first-order valence-electron chi connectivity index (χ1n) is 4.62. The van der Waals surface area contributed by atoms with Gasteiger partial charge in [0.15, 0.2) is 5.69 Å². The van der Waals surface area contributed by atoms with E-state index < -0.39 is 46.5 Å². The van der Waals surface area contributed by atoms with Crippen LogP contribution in [0.4, 0.5) is 26.3 Å². The molecule has 4 nitrogen and oxygen atoms in total. The van der Waals surface area contributed by atoms with Gasteiger partial charge >= 0.3 is 18.5 Å². The summed E-state index contributed by atoms with van der Waals surface area (Å²) in [5, 5.41) is 8.13. The van der Waals surface area contributed by atoms with E-state index in [4.69, 9.17) is 5.11 Å². The fourth-order valence-electron chi connectivity index (χ4n) is 1.32. The molecule has 0 bridgehead atoms. The molecule has 1 aromatic heterocycles. The molecular formula is C9H4BrF6NO3. The molecule has 0 fully saturated rings. The van der Waals surface area contributed by atoms with Crippen molar-refractivity contribution in [3.63, 3.8) is 0 Å². The summed E-state index contributed by atoms with van der Waals surface area (Å²) in [6.45, 7) is 0. The molecule has 0 radical (unpaired) electrons. The number of hydrogen-bond acceptors (Lipinski definition) is 3. The molecule has 1 heterocycles. The molecule has 0 aromatic carbocycles. The molecule has 0 unspecified atom stereocenters. The van der Waals surface area contributed by atoms with Crippen LogP contribution in [0, 0.1) is 0 Å². The zero-order chi connectivity index (χ0) is 15.7. The van der Waals surface area contributed by atoms with Gasteiger partial charge in [-0.2, -0.15) is 13.2 Å². The lowest BCUT2D eigenvalue weighted by atomic mass is 10.1. The Balaban J connectivity index is 3.51. The van der Waals surface area contributed by atoms with E-state index in [0.29, 0.717) is 6.07 Å². The summed E-state index contributed by atoms with van der Waals surface area (Å²) >= 11 is 2.64. The van der Waals surface area contributed by atoms with Gasteiger partial charge in [0.1, 0.15) is 0 Å². The molecule has 0 atom stereocenters. The molecule has 0 amide bonds. The molecule has 1 rings (SSSR count). The number of halogens is 7. The average molecular weight is 368 g/mol. The summed E-state index contributed by atoms with van der Waals surface area (Å²) in [4.78, 5) is 13.5. The Morgan fingerprint density at radius 1 is 1.30 bits per heavy atom. The largest absolute Gasteiger partial charge is 0.574 e. The predicted octanol–water partition coefficient (Wildman–Crippen LogP) is 3.59. The fourth-order valence-corrected chi connectivity index (χ4v) is 1.76. The van der Waals surface area contributed by atoms with E-state index in [-0.39, 0.29) is 0 Å². The smallest absolute Gasteiger partial charge is 0.476 e. The quantitative estimate of drug-likeness (QED) is 0.655. The summed E-state index contributed by atoms with van der Waals surface area (Å²) in [5.41, 5.74) is -3.92. The van der Waals surface area contributed by atoms with Gasteiger partial charge in [-0.25, -0.2) is 9.78 Å². The Labute approximate surface area is 115 Å². The number of carbonyl (C=O) groups is 1. The van der Waals surface area contributed by atoms with Crippen LogP contribution in [-0.4, -0.2) is 22.4 Å². The van der Waals surface area contributed by atoms with Crippen LogP contribution in [-0.2, 0) is 11.5 Å². The lowest BCUT2D eigenvalue weighted by Crippen LogP contribution is -2.22. The third kappa shape index (κ3) is 3.99. The van der Waals surface area contributed by atoms with Gasteiger partial charge in [0, 0.05) is 11.4 Å². The van der Waals surface area contributed by atoms with Crippen LogP contribution in [0.3, 0.4) is 0 Å². The van der Waals surface area contributed by atoms with Gasteiger partial charge < -0.3 is 9.84 Å². The predicted molar refractivity (Wildman–Crippen MR) is 55.5 cm³/mol. The third-order valence-corrected chi connectivity index (χ3v) is 2.53. The molecule has 0 saturated carbocycles. The summed E-state index contributed by atoms with van der Waals surface area (Å²) in [5.74, 6) is -3.40. The van der Waals surface area contributed by atoms with Gasteiger partial charge in [-0.3, -0.25) is 0 Å². The van der Waals surface area contributed by atoms with E-state index >= 15 is 0 Å². The molecule has 0 spiro atoms. The Kier molecular flexibility index (Phi) is 4.52. The molecule has 1 aromatic rings. The summed E-state index contributed by atoms with van der Waals surface area (Å²) in [7, 11) is 0. The number of nitrogens with zero attached hydrogens (tertiary/aromatic N) is 1. The first kappa shape index (κ1) is 16.5. The van der Waals surface area contributed by atoms with Gasteiger partial charge in [-0.15, -0.1) is 13.2 Å². The number of alkyl halides is 7. The third-order valence-electron chi connectivity index (χ3n) is 1.93. The minimum absolute atomic E-state index is 0.373. The molecule has 0 aliphatic rings. The SMILES string of the molecule is O=C(O)c1nc(OC(F)(F)F)cc(CBr)c1C(F)(F)F. The Bertz CT molecular complexity index is 528. The number of aromatic nitrogens is 1. The minimum atomic E-state index is -5.20. The molecule has 20 heavy (non-hydrogen) atoms. The van der Waals surface area contributed by atoms with Crippen molar-refractivity contribution in [2.75, 3.05) is 0 Å². The molecule has 11 heteroatoms. The van der Waals surface area contributed by atoms with Crippen LogP contribution in [0.1, 0.15) is 21.6 Å². The normalized spacial score (nSPS) is 12.3. The number of rotatable bonds is 3. The zero-order valence-corrected chi connectivity index (χ0v) is 10.7. The number of ether oxygens (including phenoxy) is 1. The number of hydrogen-bond donors (Lipinski definition) is 1. The van der Waals surface area contributed by atoms with Crippen molar-refractivity contribution in [1.82, 2.24) is 4.98 Å². The molecule has 112 valence electrons. The lowest BCUT2D eigenvalue weighted by Gasteiger charge is -2.16. The Morgan fingerprint density at radius 2 is 1.85 bits per heavy atom. The van der Waals surface area contributed by atoms with Crippen molar-refractivity contribution < 1.29 is 41.0 Å². The number of carboxylic acids is 1. The van der Waals surface area contributed by atoms with Gasteiger partial charge in [-0.05, 0) is 5.56 Å². The zero-order valence-electron chi connectivity index (χ0n) is 9.14. The van der Waals surface area contributed by atoms with Crippen molar-refractivity contribution >= 4 is 21.9 Å². The maximum Gasteiger partial charge on any atom is 0.574 e. The summed E-state index contributed by atoms with van der Waals surface area (Å²) < 4.78 is 77.6. The second-order valence-corrected chi connectivity index (χ2v) is 3.89. The maximum absolute atomic E-state index is 12.7. The first-order chi connectivity index (χ1) is 8.95. The van der Waals surface area contributed by atoms with Crippen LogP contribution in [0.2, 0.25) is 0 Å². The highest BCUT2D eigenvalue weighted by Gasteiger charge is 2.40. The van der Waals surface area contributed by atoms with Crippen LogP contribution >= 0.6 is 15.9 Å². The first-order valence-corrected chi connectivity index (χ1v) is 5.74. The number of carboxylic acid groups (broad SMARTS) is 1. The van der Waals surface area contributed by atoms with E-state index in [1.54, 1.807) is 0 Å². The van der Waals surface area contributed by atoms with Crippen LogP contribution in [0.25, 0.3) is 0 Å². The molecule has 0 aliphatic heterocycles. The van der Waals surface area contributed by atoms with Gasteiger partial charge in [0.05, 0.1) is 5.56 Å². The maximum atomic E-state index is 12.7. The fraction of sp³-hybridized carbons (Fsp3) is 0.333. The Morgan fingerprint density at radius 3 is 2.20 bits per heavy atom. The topological polar surface area (TPSA) is 59.4 Å². The summed E-state index contributed by atoms with van der Waals surface area (Å²) in [6, 6.07) is 0.373. The van der Waals surface area contributed by atoms with Gasteiger partial charge in [0.25, 0.3) is 0 Å². The van der Waals surface area contributed by atoms with E-state index in [1.165, 1.54) is 0 Å². The van der Waals surface area contributed by atoms with Crippen LogP contribution in [0.5, 0.6) is 5.88 Å². The molecular weight excluding hydrogens is 364 g/mol. The molecule has 1 N–H and O–H groups in total. The second-order valence-electron chi connectivity index (χ2n) is 3.33. The number of aromatic carboxylic acids is 1. The van der Waals surface area contributed by atoms with Gasteiger partial charge in [-0.1, -0.05) is 15.9 Å². The van der Waals surface area contributed by atoms with Gasteiger partial charge in [0.2, 0.25) is 5.88 Å². The van der Waals surface area contributed by atoms with Crippen molar-refractivity contribution in [2.24, 2.45) is 0 Å².